The molecule has 5 heteroatoms. The van der Waals surface area contributed by atoms with E-state index in [4.69, 9.17) is 4.74 Å². The zero-order chi connectivity index (χ0) is 11.5. The first-order valence-electron chi connectivity index (χ1n) is 5.17. The second-order valence-electron chi connectivity index (χ2n) is 3.95. The second-order valence-corrected chi connectivity index (χ2v) is 4.51. The quantitative estimate of drug-likeness (QED) is 0.474. The topological polar surface area (TPSA) is 52.4 Å². The van der Waals surface area contributed by atoms with Gasteiger partial charge in [-0.2, -0.15) is 0 Å². The highest BCUT2D eigenvalue weighted by Crippen LogP contribution is 2.33. The average molecular weight is 286 g/mol. The Bertz CT molecular complexity index is 404. The van der Waals surface area contributed by atoms with E-state index in [1.54, 1.807) is 12.1 Å². The van der Waals surface area contributed by atoms with Crippen LogP contribution in [-0.2, 0) is 5.33 Å². The number of benzene rings is 1. The summed E-state index contributed by atoms with van der Waals surface area (Å²) in [5, 5.41) is 11.5. The highest BCUT2D eigenvalue weighted by atomic mass is 79.9. The van der Waals surface area contributed by atoms with Crippen molar-refractivity contribution in [2.24, 2.45) is 5.92 Å². The lowest BCUT2D eigenvalue weighted by atomic mass is 10.2. The molecule has 1 aromatic rings. The summed E-state index contributed by atoms with van der Waals surface area (Å²) in [4.78, 5) is 10.5. The van der Waals surface area contributed by atoms with Crippen LogP contribution in [0, 0.1) is 16.0 Å². The molecule has 1 fully saturated rings. The minimum atomic E-state index is -0.394. The number of hydrogen-bond donors (Lipinski definition) is 0. The molecule has 0 radical (unpaired) electrons. The van der Waals surface area contributed by atoms with Gasteiger partial charge in [-0.1, -0.05) is 22.0 Å². The summed E-state index contributed by atoms with van der Waals surface area (Å²) in [7, 11) is 0. The van der Waals surface area contributed by atoms with Crippen molar-refractivity contribution in [1.29, 1.82) is 0 Å². The zero-order valence-electron chi connectivity index (χ0n) is 8.69. The zero-order valence-corrected chi connectivity index (χ0v) is 10.3. The van der Waals surface area contributed by atoms with E-state index in [1.807, 2.05) is 6.07 Å². The third-order valence-corrected chi connectivity index (χ3v) is 3.19. The number of ether oxygens (including phenoxy) is 1. The SMILES string of the molecule is O=[N+]([O-])c1cc(CBr)ccc1OCC1CC1. The molecule has 0 aliphatic heterocycles. The molecule has 0 spiro atoms. The third kappa shape index (κ3) is 2.72. The van der Waals surface area contributed by atoms with Gasteiger partial charge in [-0.15, -0.1) is 0 Å². The molecule has 86 valence electrons. The van der Waals surface area contributed by atoms with Crippen LogP contribution in [0.1, 0.15) is 18.4 Å². The summed E-state index contributed by atoms with van der Waals surface area (Å²) in [6.07, 6.45) is 2.35. The normalized spacial score (nSPS) is 14.8. The molecule has 1 aliphatic rings. The number of nitrogens with zero attached hydrogens (tertiary/aromatic N) is 1. The summed E-state index contributed by atoms with van der Waals surface area (Å²) in [5.41, 5.74) is 0.933. The van der Waals surface area contributed by atoms with E-state index >= 15 is 0 Å². The lowest BCUT2D eigenvalue weighted by Gasteiger charge is -2.06. The van der Waals surface area contributed by atoms with Crippen molar-refractivity contribution in [3.8, 4) is 5.75 Å². The van der Waals surface area contributed by atoms with E-state index in [2.05, 4.69) is 15.9 Å². The van der Waals surface area contributed by atoms with Gasteiger partial charge in [0.2, 0.25) is 0 Å². The molecule has 0 unspecified atom stereocenters. The highest BCUT2D eigenvalue weighted by Gasteiger charge is 2.24. The molecule has 0 saturated heterocycles. The molecular formula is C11H12BrNO3. The summed E-state index contributed by atoms with van der Waals surface area (Å²) in [5.74, 6) is 0.969. The lowest BCUT2D eigenvalue weighted by Crippen LogP contribution is -2.02. The molecule has 4 nitrogen and oxygen atoms in total. The maximum atomic E-state index is 10.9. The van der Waals surface area contributed by atoms with Crippen LogP contribution in [-0.4, -0.2) is 11.5 Å². The Labute approximate surface area is 102 Å². The Morgan fingerprint density at radius 2 is 2.25 bits per heavy atom. The van der Waals surface area contributed by atoms with Crippen LogP contribution in [0.2, 0.25) is 0 Å². The maximum absolute atomic E-state index is 10.9. The molecule has 0 heterocycles. The van der Waals surface area contributed by atoms with E-state index in [0.717, 1.165) is 5.56 Å². The van der Waals surface area contributed by atoms with Gasteiger partial charge < -0.3 is 4.74 Å². The van der Waals surface area contributed by atoms with Crippen molar-refractivity contribution in [2.75, 3.05) is 6.61 Å². The fourth-order valence-corrected chi connectivity index (χ4v) is 1.75. The number of nitro groups is 1. The van der Waals surface area contributed by atoms with E-state index < -0.39 is 4.92 Å². The Morgan fingerprint density at radius 1 is 1.50 bits per heavy atom. The predicted octanol–water partition coefficient (Wildman–Crippen LogP) is 3.28. The van der Waals surface area contributed by atoms with Gasteiger partial charge in [-0.25, -0.2) is 0 Å². The minimum Gasteiger partial charge on any atom is -0.487 e. The van der Waals surface area contributed by atoms with Gasteiger partial charge in [0.1, 0.15) is 0 Å². The summed E-state index contributed by atoms with van der Waals surface area (Å²) in [6, 6.07) is 5.07. The fraction of sp³-hybridized carbons (Fsp3) is 0.455. The van der Waals surface area contributed by atoms with E-state index in [1.165, 1.54) is 12.8 Å². The number of halogens is 1. The summed E-state index contributed by atoms with van der Waals surface area (Å²) >= 11 is 3.27. The van der Waals surface area contributed by atoms with Crippen LogP contribution in [0.3, 0.4) is 0 Å². The van der Waals surface area contributed by atoms with Gasteiger partial charge in [0.15, 0.2) is 5.75 Å². The van der Waals surface area contributed by atoms with E-state index in [-0.39, 0.29) is 5.69 Å². The van der Waals surface area contributed by atoms with Crippen LogP contribution >= 0.6 is 15.9 Å². The third-order valence-electron chi connectivity index (χ3n) is 2.55. The Morgan fingerprint density at radius 3 is 2.81 bits per heavy atom. The van der Waals surface area contributed by atoms with Gasteiger partial charge >= 0.3 is 5.69 Å². The van der Waals surface area contributed by atoms with Gasteiger partial charge in [-0.3, -0.25) is 10.1 Å². The maximum Gasteiger partial charge on any atom is 0.311 e. The Balaban J connectivity index is 2.16. The average Bonchev–Trinajstić information content (AvgIpc) is 3.09. The first kappa shape index (κ1) is 11.4. The summed E-state index contributed by atoms with van der Waals surface area (Å²) < 4.78 is 5.46. The Kier molecular flexibility index (Phi) is 3.43. The van der Waals surface area contributed by atoms with Crippen molar-refractivity contribution in [3.63, 3.8) is 0 Å². The lowest BCUT2D eigenvalue weighted by molar-refractivity contribution is -0.385. The van der Waals surface area contributed by atoms with Crippen LogP contribution in [0.25, 0.3) is 0 Å². The molecule has 0 atom stereocenters. The number of alkyl halides is 1. The number of rotatable bonds is 5. The molecule has 0 amide bonds. The van der Waals surface area contributed by atoms with Crippen LogP contribution in [0.4, 0.5) is 5.69 Å². The molecule has 1 aromatic carbocycles. The standard InChI is InChI=1S/C11H12BrNO3/c12-6-9-3-4-11(10(5-9)13(14)15)16-7-8-1-2-8/h3-5,8H,1-2,6-7H2. The van der Waals surface area contributed by atoms with Crippen LogP contribution in [0.5, 0.6) is 5.75 Å². The second kappa shape index (κ2) is 4.82. The monoisotopic (exact) mass is 285 g/mol. The van der Waals surface area contributed by atoms with E-state index in [0.29, 0.717) is 23.6 Å². The molecule has 0 bridgehead atoms. The van der Waals surface area contributed by atoms with Crippen molar-refractivity contribution in [2.45, 2.75) is 18.2 Å². The van der Waals surface area contributed by atoms with E-state index in [9.17, 15) is 10.1 Å². The predicted molar refractivity (Wildman–Crippen MR) is 63.9 cm³/mol. The van der Waals surface area contributed by atoms with Crippen molar-refractivity contribution < 1.29 is 9.66 Å². The molecule has 2 rings (SSSR count). The van der Waals surface area contributed by atoms with Crippen molar-refractivity contribution in [3.05, 3.63) is 33.9 Å². The van der Waals surface area contributed by atoms with Gasteiger partial charge in [0, 0.05) is 11.4 Å². The largest absolute Gasteiger partial charge is 0.487 e. The highest BCUT2D eigenvalue weighted by molar-refractivity contribution is 9.08. The Hall–Kier alpha value is -1.10. The van der Waals surface area contributed by atoms with Crippen LogP contribution in [0.15, 0.2) is 18.2 Å². The molecule has 1 saturated carbocycles. The fourth-order valence-electron chi connectivity index (χ4n) is 1.40. The first-order chi connectivity index (χ1) is 7.70. The molecule has 1 aliphatic carbocycles. The molecule has 0 N–H and O–H groups in total. The number of hydrogen-bond acceptors (Lipinski definition) is 3. The first-order valence-corrected chi connectivity index (χ1v) is 6.29. The number of nitro benzene ring substituents is 1. The van der Waals surface area contributed by atoms with Crippen LogP contribution < -0.4 is 4.74 Å². The minimum absolute atomic E-state index is 0.0533. The van der Waals surface area contributed by atoms with Gasteiger partial charge in [0.25, 0.3) is 0 Å². The molecule has 0 aromatic heterocycles. The van der Waals surface area contributed by atoms with Gasteiger partial charge in [0.05, 0.1) is 11.5 Å². The van der Waals surface area contributed by atoms with Crippen molar-refractivity contribution >= 4 is 21.6 Å². The molecular weight excluding hydrogens is 274 g/mol. The smallest absolute Gasteiger partial charge is 0.311 e. The van der Waals surface area contributed by atoms with Crippen molar-refractivity contribution in [1.82, 2.24) is 0 Å². The van der Waals surface area contributed by atoms with Gasteiger partial charge in [-0.05, 0) is 30.4 Å². The summed E-state index contributed by atoms with van der Waals surface area (Å²) in [6.45, 7) is 0.592. The molecule has 16 heavy (non-hydrogen) atoms.